The first-order valence-electron chi connectivity index (χ1n) is 7.64. The fourth-order valence-electron chi connectivity index (χ4n) is 2.77. The Bertz CT molecular complexity index is 688. The lowest BCUT2D eigenvalue weighted by atomic mass is 10.2. The summed E-state index contributed by atoms with van der Waals surface area (Å²) < 4.78 is 5.81. The van der Waals surface area contributed by atoms with Crippen molar-refractivity contribution >= 4 is 23.2 Å². The first kappa shape index (κ1) is 15.7. The van der Waals surface area contributed by atoms with Crippen LogP contribution < -0.4 is 10.5 Å². The van der Waals surface area contributed by atoms with Gasteiger partial charge in [-0.15, -0.1) is 0 Å². The number of nitrogens with zero attached hydrogens (tertiary/aromatic N) is 1. The van der Waals surface area contributed by atoms with E-state index >= 15 is 0 Å². The number of hydrogen-bond donors (Lipinski definition) is 1. The maximum absolute atomic E-state index is 12.2. The molecule has 0 saturated carbocycles. The summed E-state index contributed by atoms with van der Waals surface area (Å²) in [4.78, 5) is 14.0. The zero-order valence-electron chi connectivity index (χ0n) is 12.7. The molecule has 120 valence electrons. The maximum atomic E-state index is 12.2. The lowest BCUT2D eigenvalue weighted by Gasteiger charge is -2.25. The summed E-state index contributed by atoms with van der Waals surface area (Å²) in [7, 11) is 0. The molecule has 0 aromatic heterocycles. The highest BCUT2D eigenvalue weighted by Crippen LogP contribution is 2.24. The molecule has 0 aliphatic carbocycles. The van der Waals surface area contributed by atoms with Crippen LogP contribution in [0.3, 0.4) is 0 Å². The van der Waals surface area contributed by atoms with Gasteiger partial charge in [0.25, 0.3) is 0 Å². The Kier molecular flexibility index (Phi) is 4.72. The average molecular weight is 331 g/mol. The molecule has 1 fully saturated rings. The van der Waals surface area contributed by atoms with Crippen LogP contribution in [0.5, 0.6) is 5.75 Å². The van der Waals surface area contributed by atoms with Crippen LogP contribution >= 0.6 is 11.6 Å². The number of anilines is 1. The van der Waals surface area contributed by atoms with Crippen LogP contribution in [0.4, 0.5) is 5.69 Å². The van der Waals surface area contributed by atoms with Gasteiger partial charge in [0, 0.05) is 23.7 Å². The van der Waals surface area contributed by atoms with Crippen molar-refractivity contribution in [3.8, 4) is 5.75 Å². The van der Waals surface area contributed by atoms with E-state index in [9.17, 15) is 4.79 Å². The highest BCUT2D eigenvalue weighted by molar-refractivity contribution is 6.30. The minimum atomic E-state index is 0.0824. The number of hydrogen-bond acceptors (Lipinski definition) is 3. The third kappa shape index (κ3) is 3.96. The van der Waals surface area contributed by atoms with Crippen molar-refractivity contribution in [2.75, 3.05) is 12.3 Å². The summed E-state index contributed by atoms with van der Waals surface area (Å²) in [5.41, 5.74) is 7.40. The molecule has 2 aromatic carbocycles. The molecule has 1 unspecified atom stereocenters. The molecule has 1 amide bonds. The van der Waals surface area contributed by atoms with Gasteiger partial charge in [-0.05, 0) is 48.4 Å². The molecular weight excluding hydrogens is 312 g/mol. The molecule has 2 aromatic rings. The van der Waals surface area contributed by atoms with Crippen LogP contribution in [0, 0.1) is 0 Å². The molecule has 0 spiro atoms. The smallest absolute Gasteiger partial charge is 0.223 e. The van der Waals surface area contributed by atoms with Gasteiger partial charge in [-0.2, -0.15) is 0 Å². The van der Waals surface area contributed by atoms with Crippen molar-refractivity contribution in [1.82, 2.24) is 4.90 Å². The summed E-state index contributed by atoms with van der Waals surface area (Å²) in [6, 6.07) is 15.0. The van der Waals surface area contributed by atoms with Crippen LogP contribution in [-0.2, 0) is 11.3 Å². The maximum Gasteiger partial charge on any atom is 0.223 e. The van der Waals surface area contributed by atoms with E-state index in [1.54, 1.807) is 12.1 Å². The molecule has 0 radical (unpaired) electrons. The lowest BCUT2D eigenvalue weighted by Crippen LogP contribution is -2.36. The molecule has 23 heavy (non-hydrogen) atoms. The Morgan fingerprint density at radius 3 is 2.74 bits per heavy atom. The topological polar surface area (TPSA) is 55.6 Å². The minimum absolute atomic E-state index is 0.0824. The fraction of sp³-hybridized carbons (Fsp3) is 0.278. The second kappa shape index (κ2) is 6.92. The van der Waals surface area contributed by atoms with Crippen molar-refractivity contribution in [2.45, 2.75) is 25.4 Å². The second-order valence-corrected chi connectivity index (χ2v) is 6.16. The van der Waals surface area contributed by atoms with Gasteiger partial charge in [-0.1, -0.05) is 23.7 Å². The number of benzene rings is 2. The first-order valence-corrected chi connectivity index (χ1v) is 8.02. The summed E-state index contributed by atoms with van der Waals surface area (Å²) in [6.45, 7) is 1.05. The van der Waals surface area contributed by atoms with E-state index in [0.29, 0.717) is 30.3 Å². The van der Waals surface area contributed by atoms with Gasteiger partial charge in [0.15, 0.2) is 0 Å². The van der Waals surface area contributed by atoms with Crippen LogP contribution in [0.1, 0.15) is 18.4 Å². The van der Waals surface area contributed by atoms with Crippen LogP contribution in [0.25, 0.3) is 0 Å². The zero-order chi connectivity index (χ0) is 16.2. The summed E-state index contributed by atoms with van der Waals surface area (Å²) in [6.07, 6.45) is 1.38. The minimum Gasteiger partial charge on any atom is -0.491 e. The number of nitrogen functional groups attached to an aromatic ring is 1. The summed E-state index contributed by atoms with van der Waals surface area (Å²) in [5, 5.41) is 0.684. The highest BCUT2D eigenvalue weighted by atomic mass is 35.5. The molecule has 1 saturated heterocycles. The third-order valence-electron chi connectivity index (χ3n) is 4.02. The molecule has 4 nitrogen and oxygen atoms in total. The highest BCUT2D eigenvalue weighted by Gasteiger charge is 2.31. The van der Waals surface area contributed by atoms with Crippen molar-refractivity contribution in [3.05, 3.63) is 59.1 Å². The number of carbonyl (C=O) groups excluding carboxylic acids is 1. The number of likely N-dealkylation sites (tertiary alicyclic amines) is 1. The molecule has 1 aliphatic heterocycles. The Morgan fingerprint density at radius 2 is 2.00 bits per heavy atom. The Balaban J connectivity index is 1.64. The Labute approximate surface area is 140 Å². The second-order valence-electron chi connectivity index (χ2n) is 5.72. The van der Waals surface area contributed by atoms with Gasteiger partial charge in [0.2, 0.25) is 5.91 Å². The number of halogens is 1. The van der Waals surface area contributed by atoms with E-state index in [0.717, 1.165) is 17.7 Å². The largest absolute Gasteiger partial charge is 0.491 e. The number of nitrogens with two attached hydrogens (primary N) is 1. The number of ether oxygens (including phenoxy) is 1. The van der Waals surface area contributed by atoms with Crippen LogP contribution in [0.15, 0.2) is 48.5 Å². The third-order valence-corrected chi connectivity index (χ3v) is 4.25. The van der Waals surface area contributed by atoms with Crippen LogP contribution in [0.2, 0.25) is 5.02 Å². The fourth-order valence-corrected chi connectivity index (χ4v) is 2.99. The van der Waals surface area contributed by atoms with Gasteiger partial charge in [0.05, 0.1) is 6.04 Å². The number of rotatable bonds is 5. The SMILES string of the molecule is Nc1ccc(OCC2CCC(=O)N2Cc2cccc(Cl)c2)cc1. The van der Waals surface area contributed by atoms with Gasteiger partial charge >= 0.3 is 0 Å². The van der Waals surface area contributed by atoms with E-state index in [1.807, 2.05) is 41.3 Å². The van der Waals surface area contributed by atoms with Crippen molar-refractivity contribution in [1.29, 1.82) is 0 Å². The molecular formula is C18H19ClN2O2. The predicted octanol–water partition coefficient (Wildman–Crippen LogP) is 3.49. The predicted molar refractivity (Wildman–Crippen MR) is 91.4 cm³/mol. The summed E-state index contributed by atoms with van der Waals surface area (Å²) >= 11 is 6.02. The standard InChI is InChI=1S/C18H19ClN2O2/c19-14-3-1-2-13(10-14)11-21-16(6-9-18(21)22)12-23-17-7-4-15(20)5-8-17/h1-5,7-8,10,16H,6,9,11-12,20H2. The first-order chi connectivity index (χ1) is 11.1. The van der Waals surface area contributed by atoms with E-state index in [1.165, 1.54) is 0 Å². The number of carbonyl (C=O) groups is 1. The van der Waals surface area contributed by atoms with E-state index in [2.05, 4.69) is 0 Å². The molecule has 1 aliphatic rings. The van der Waals surface area contributed by atoms with E-state index in [4.69, 9.17) is 22.1 Å². The monoisotopic (exact) mass is 330 g/mol. The van der Waals surface area contributed by atoms with Crippen molar-refractivity contribution in [3.63, 3.8) is 0 Å². The molecule has 1 heterocycles. The van der Waals surface area contributed by atoms with Gasteiger partial charge in [0.1, 0.15) is 12.4 Å². The number of amides is 1. The normalized spacial score (nSPS) is 17.5. The van der Waals surface area contributed by atoms with Crippen molar-refractivity contribution < 1.29 is 9.53 Å². The molecule has 5 heteroatoms. The van der Waals surface area contributed by atoms with Gasteiger partial charge in [-0.25, -0.2) is 0 Å². The summed E-state index contributed by atoms with van der Waals surface area (Å²) in [5.74, 6) is 0.928. The van der Waals surface area contributed by atoms with Gasteiger partial charge < -0.3 is 15.4 Å². The quantitative estimate of drug-likeness (QED) is 0.854. The average Bonchev–Trinajstić information content (AvgIpc) is 2.87. The molecule has 1 atom stereocenters. The Hall–Kier alpha value is -2.20. The lowest BCUT2D eigenvalue weighted by molar-refractivity contribution is -0.129. The molecule has 2 N–H and O–H groups in total. The molecule has 3 rings (SSSR count). The Morgan fingerprint density at radius 1 is 1.22 bits per heavy atom. The van der Waals surface area contributed by atoms with Gasteiger partial charge in [-0.3, -0.25) is 4.79 Å². The van der Waals surface area contributed by atoms with Crippen LogP contribution in [-0.4, -0.2) is 23.5 Å². The zero-order valence-corrected chi connectivity index (χ0v) is 13.5. The van der Waals surface area contributed by atoms with Crippen molar-refractivity contribution in [2.24, 2.45) is 0 Å². The molecule has 0 bridgehead atoms. The van der Waals surface area contributed by atoms with E-state index in [-0.39, 0.29) is 11.9 Å². The van der Waals surface area contributed by atoms with E-state index < -0.39 is 0 Å².